The molecule has 23 heavy (non-hydrogen) atoms. The molecule has 1 saturated carbocycles. The van der Waals surface area contributed by atoms with E-state index in [1.807, 2.05) is 36.4 Å². The first kappa shape index (κ1) is 14.0. The van der Waals surface area contributed by atoms with Gasteiger partial charge in [-0.05, 0) is 24.1 Å². The quantitative estimate of drug-likeness (QED) is 0.569. The van der Waals surface area contributed by atoms with Crippen LogP contribution >= 0.6 is 0 Å². The fraction of sp³-hybridized carbons (Fsp3) is 0.227. The van der Waals surface area contributed by atoms with E-state index in [9.17, 15) is 4.79 Å². The predicted molar refractivity (Wildman–Crippen MR) is 91.7 cm³/mol. The van der Waals surface area contributed by atoms with E-state index in [0.717, 1.165) is 12.0 Å². The van der Waals surface area contributed by atoms with Gasteiger partial charge in [-0.2, -0.15) is 0 Å². The molecule has 2 bridgehead atoms. The summed E-state index contributed by atoms with van der Waals surface area (Å²) < 4.78 is 0. The second-order valence-corrected chi connectivity index (χ2v) is 6.33. The van der Waals surface area contributed by atoms with Crippen molar-refractivity contribution in [2.24, 2.45) is 17.8 Å². The lowest BCUT2D eigenvalue weighted by Gasteiger charge is -2.37. The number of carbonyl (C=O) groups is 1. The van der Waals surface area contributed by atoms with E-state index in [4.69, 9.17) is 0 Å². The van der Waals surface area contributed by atoms with Gasteiger partial charge in [0.05, 0.1) is 5.92 Å². The van der Waals surface area contributed by atoms with Crippen molar-refractivity contribution in [2.75, 3.05) is 0 Å². The third-order valence-electron chi connectivity index (χ3n) is 4.96. The fourth-order valence-corrected chi connectivity index (χ4v) is 3.64. The normalized spacial score (nSPS) is 28.3. The van der Waals surface area contributed by atoms with Gasteiger partial charge >= 0.3 is 0 Å². The number of allylic oxidation sites excluding steroid dienone is 2. The summed E-state index contributed by atoms with van der Waals surface area (Å²) in [6, 6.07) is 20.5. The Morgan fingerprint density at radius 3 is 2.30 bits per heavy atom. The zero-order valence-corrected chi connectivity index (χ0v) is 12.9. The average Bonchev–Trinajstić information content (AvgIpc) is 2.92. The topological polar surface area (TPSA) is 17.1 Å². The smallest absolute Gasteiger partial charge is 0.145 e. The fourth-order valence-electron chi connectivity index (χ4n) is 3.64. The number of hydrogen-bond donors (Lipinski definition) is 0. The van der Waals surface area contributed by atoms with Crippen molar-refractivity contribution in [3.8, 4) is 11.8 Å². The Morgan fingerprint density at radius 1 is 0.870 bits per heavy atom. The summed E-state index contributed by atoms with van der Waals surface area (Å²) in [5.41, 5.74) is 2.31. The van der Waals surface area contributed by atoms with Gasteiger partial charge in [-0.15, -0.1) is 0 Å². The summed E-state index contributed by atoms with van der Waals surface area (Å²) >= 11 is 0. The monoisotopic (exact) mass is 298 g/mol. The highest BCUT2D eigenvalue weighted by Crippen LogP contribution is 2.46. The van der Waals surface area contributed by atoms with E-state index in [1.165, 1.54) is 5.56 Å². The van der Waals surface area contributed by atoms with E-state index < -0.39 is 0 Å². The van der Waals surface area contributed by atoms with Crippen molar-refractivity contribution in [2.45, 2.75) is 12.3 Å². The van der Waals surface area contributed by atoms with Crippen LogP contribution in [0.25, 0.3) is 0 Å². The van der Waals surface area contributed by atoms with E-state index in [2.05, 4.69) is 48.3 Å². The molecule has 2 aromatic rings. The molecule has 0 spiro atoms. The van der Waals surface area contributed by atoms with Gasteiger partial charge in [0.25, 0.3) is 0 Å². The van der Waals surface area contributed by atoms with Gasteiger partial charge in [-0.1, -0.05) is 72.5 Å². The Morgan fingerprint density at radius 2 is 1.57 bits per heavy atom. The molecule has 0 aromatic heterocycles. The maximum absolute atomic E-state index is 12.3. The lowest BCUT2D eigenvalue weighted by molar-refractivity contribution is -0.137. The van der Waals surface area contributed by atoms with Crippen LogP contribution in [-0.2, 0) is 4.79 Å². The number of fused-ring (bicyclic) bond motifs is 2. The zero-order valence-electron chi connectivity index (χ0n) is 12.9. The molecule has 5 rings (SSSR count). The highest BCUT2D eigenvalue weighted by molar-refractivity contribution is 5.93. The minimum atomic E-state index is -0.00933. The van der Waals surface area contributed by atoms with Crippen molar-refractivity contribution < 1.29 is 4.79 Å². The number of benzene rings is 2. The first-order valence-corrected chi connectivity index (χ1v) is 8.16. The molecule has 0 radical (unpaired) electrons. The second-order valence-electron chi connectivity index (χ2n) is 6.33. The van der Waals surface area contributed by atoms with Crippen molar-refractivity contribution >= 4 is 5.78 Å². The van der Waals surface area contributed by atoms with Crippen molar-refractivity contribution in [1.29, 1.82) is 0 Å². The molecule has 3 aliphatic rings. The Bertz CT molecular complexity index is 792. The molecular formula is C22H18O. The highest BCUT2D eigenvalue weighted by Gasteiger charge is 2.49. The summed E-state index contributed by atoms with van der Waals surface area (Å²) in [6.45, 7) is 0. The van der Waals surface area contributed by atoms with Gasteiger partial charge in [0.15, 0.2) is 0 Å². The lowest BCUT2D eigenvalue weighted by Crippen LogP contribution is -2.45. The van der Waals surface area contributed by atoms with Crippen molar-refractivity contribution in [3.05, 3.63) is 83.9 Å². The van der Waals surface area contributed by atoms with E-state index in [-0.39, 0.29) is 17.8 Å². The van der Waals surface area contributed by atoms with Gasteiger partial charge in [0.1, 0.15) is 5.78 Å². The van der Waals surface area contributed by atoms with Crippen LogP contribution < -0.4 is 0 Å². The molecule has 112 valence electrons. The first-order valence-electron chi connectivity index (χ1n) is 8.16. The molecule has 0 amide bonds. The number of hydrogen-bond acceptors (Lipinski definition) is 1. The Kier molecular flexibility index (Phi) is 3.60. The maximum Gasteiger partial charge on any atom is 0.145 e. The average molecular weight is 298 g/mol. The molecular weight excluding hydrogens is 280 g/mol. The summed E-state index contributed by atoms with van der Waals surface area (Å²) in [6.07, 6.45) is 5.18. The molecule has 2 aromatic carbocycles. The molecule has 0 aliphatic heterocycles. The van der Waals surface area contributed by atoms with Gasteiger partial charge in [0, 0.05) is 23.3 Å². The molecule has 0 saturated heterocycles. The molecule has 0 N–H and O–H groups in total. The molecule has 0 heterocycles. The van der Waals surface area contributed by atoms with E-state index in [1.54, 1.807) is 0 Å². The largest absolute Gasteiger partial charge is 0.299 e. The highest BCUT2D eigenvalue weighted by atomic mass is 16.1. The van der Waals surface area contributed by atoms with E-state index in [0.29, 0.717) is 11.7 Å². The SMILES string of the molecule is O=C1[C@H]2C[C@H](c3ccccc3)C=C[C@@H]1[C@@H]2C#Cc1ccccc1. The summed E-state index contributed by atoms with van der Waals surface area (Å²) in [5.74, 6) is 7.54. The third-order valence-corrected chi connectivity index (χ3v) is 4.96. The number of ketones is 1. The van der Waals surface area contributed by atoms with Gasteiger partial charge < -0.3 is 0 Å². The zero-order chi connectivity index (χ0) is 15.6. The van der Waals surface area contributed by atoms with Crippen LogP contribution in [0.4, 0.5) is 0 Å². The molecule has 1 heteroatoms. The van der Waals surface area contributed by atoms with Gasteiger partial charge in [0.2, 0.25) is 0 Å². The van der Waals surface area contributed by atoms with Gasteiger partial charge in [-0.25, -0.2) is 0 Å². The molecule has 0 unspecified atom stereocenters. The Balaban J connectivity index is 1.57. The number of rotatable bonds is 1. The second kappa shape index (κ2) is 5.89. The standard InChI is InChI=1S/C22H18O/c23-22-20-14-12-18(17-9-5-2-6-10-17)15-21(22)19(20)13-11-16-7-3-1-4-8-16/h1-10,12,14,18-21H,15H2/t18-,19+,20-,21+/m1/s1. The summed E-state index contributed by atoms with van der Waals surface area (Å²) in [4.78, 5) is 12.3. The molecule has 1 fully saturated rings. The maximum atomic E-state index is 12.3. The van der Waals surface area contributed by atoms with Crippen LogP contribution in [0, 0.1) is 29.6 Å². The Labute approximate surface area is 137 Å². The summed E-state index contributed by atoms with van der Waals surface area (Å²) in [5, 5.41) is 0. The third kappa shape index (κ3) is 2.62. The van der Waals surface area contributed by atoms with Crippen molar-refractivity contribution in [3.63, 3.8) is 0 Å². The van der Waals surface area contributed by atoms with Crippen LogP contribution in [0.3, 0.4) is 0 Å². The van der Waals surface area contributed by atoms with Crippen LogP contribution in [0.15, 0.2) is 72.8 Å². The van der Waals surface area contributed by atoms with Crippen LogP contribution in [0.1, 0.15) is 23.5 Å². The molecule has 1 nitrogen and oxygen atoms in total. The Hall–Kier alpha value is -2.59. The van der Waals surface area contributed by atoms with Gasteiger partial charge in [-0.3, -0.25) is 4.79 Å². The molecule has 3 aliphatic carbocycles. The number of carbonyl (C=O) groups excluding carboxylic acids is 1. The first-order chi connectivity index (χ1) is 11.3. The van der Waals surface area contributed by atoms with Crippen LogP contribution in [-0.4, -0.2) is 5.78 Å². The summed E-state index contributed by atoms with van der Waals surface area (Å²) in [7, 11) is 0. The van der Waals surface area contributed by atoms with E-state index >= 15 is 0 Å². The molecule has 4 atom stereocenters. The van der Waals surface area contributed by atoms with Crippen LogP contribution in [0.5, 0.6) is 0 Å². The lowest BCUT2D eigenvalue weighted by atomic mass is 9.63. The minimum absolute atomic E-state index is 0.00933. The minimum Gasteiger partial charge on any atom is -0.299 e. The van der Waals surface area contributed by atoms with Crippen LogP contribution in [0.2, 0.25) is 0 Å². The predicted octanol–water partition coefficient (Wildman–Crippen LogP) is 4.21. The number of Topliss-reactive ketones (excluding diaryl/α,β-unsaturated/α-hetero) is 1. The van der Waals surface area contributed by atoms with Crippen molar-refractivity contribution in [1.82, 2.24) is 0 Å².